The van der Waals surface area contributed by atoms with Crippen LogP contribution >= 0.6 is 0 Å². The van der Waals surface area contributed by atoms with E-state index in [1.807, 2.05) is 6.07 Å². The van der Waals surface area contributed by atoms with Gasteiger partial charge in [-0.15, -0.1) is 0 Å². The molecule has 1 aliphatic carbocycles. The second kappa shape index (κ2) is 8.04. The summed E-state index contributed by atoms with van der Waals surface area (Å²) in [7, 11) is 0. The minimum atomic E-state index is -0.150. The summed E-state index contributed by atoms with van der Waals surface area (Å²) >= 11 is 0. The van der Waals surface area contributed by atoms with E-state index in [1.54, 1.807) is 0 Å². The van der Waals surface area contributed by atoms with Gasteiger partial charge >= 0.3 is 0 Å². The van der Waals surface area contributed by atoms with Crippen molar-refractivity contribution in [1.82, 2.24) is 10.6 Å². The van der Waals surface area contributed by atoms with E-state index in [4.69, 9.17) is 5.26 Å². The minimum absolute atomic E-state index is 0.0587. The van der Waals surface area contributed by atoms with Crippen LogP contribution < -0.4 is 10.6 Å². The fraction of sp³-hybridized carbons (Fsp3) is 0.833. The van der Waals surface area contributed by atoms with E-state index >= 15 is 0 Å². The molecule has 0 spiro atoms. The van der Waals surface area contributed by atoms with Crippen LogP contribution in [0.1, 0.15) is 25.7 Å². The monoisotopic (exact) mass is 239 g/mol. The summed E-state index contributed by atoms with van der Waals surface area (Å²) in [5.74, 6) is 0.693. The molecule has 1 amide bonds. The predicted octanol–water partition coefficient (Wildman–Crippen LogP) is 0.0145. The minimum Gasteiger partial charge on any atom is -0.396 e. The second-order valence-electron chi connectivity index (χ2n) is 4.55. The summed E-state index contributed by atoms with van der Waals surface area (Å²) < 4.78 is 0. The highest BCUT2D eigenvalue weighted by Gasteiger charge is 2.23. The van der Waals surface area contributed by atoms with Crippen LogP contribution in [-0.2, 0) is 4.79 Å². The molecule has 0 radical (unpaired) electrons. The number of nitrogens with one attached hydrogen (secondary N) is 2. The molecule has 3 N–H and O–H groups in total. The van der Waals surface area contributed by atoms with Gasteiger partial charge in [-0.1, -0.05) is 12.8 Å². The molecular weight excluding hydrogens is 218 g/mol. The van der Waals surface area contributed by atoms with Gasteiger partial charge < -0.3 is 15.7 Å². The molecule has 1 fully saturated rings. The molecule has 0 aromatic carbocycles. The third-order valence-electron chi connectivity index (χ3n) is 3.36. The van der Waals surface area contributed by atoms with Crippen LogP contribution in [0.2, 0.25) is 0 Å². The molecule has 0 heterocycles. The van der Waals surface area contributed by atoms with Gasteiger partial charge in [0.05, 0.1) is 12.6 Å². The van der Waals surface area contributed by atoms with E-state index in [0.717, 1.165) is 19.4 Å². The van der Waals surface area contributed by atoms with Crippen LogP contribution in [0.4, 0.5) is 0 Å². The molecule has 1 aliphatic rings. The first-order valence-electron chi connectivity index (χ1n) is 6.23. The third-order valence-corrected chi connectivity index (χ3v) is 3.36. The number of hydrogen-bond donors (Lipinski definition) is 3. The van der Waals surface area contributed by atoms with Crippen LogP contribution in [0.15, 0.2) is 0 Å². The number of aliphatic hydroxyl groups excluding tert-OH is 1. The van der Waals surface area contributed by atoms with Crippen LogP contribution in [0, 0.1) is 23.2 Å². The van der Waals surface area contributed by atoms with Gasteiger partial charge in [0, 0.05) is 6.61 Å². The highest BCUT2D eigenvalue weighted by Crippen LogP contribution is 2.28. The number of carbonyl (C=O) groups excluding carboxylic acids is 1. The van der Waals surface area contributed by atoms with Crippen molar-refractivity contribution in [3.8, 4) is 6.07 Å². The lowest BCUT2D eigenvalue weighted by Gasteiger charge is -2.30. The van der Waals surface area contributed by atoms with Crippen molar-refractivity contribution in [2.24, 2.45) is 11.8 Å². The molecule has 0 aliphatic heterocycles. The van der Waals surface area contributed by atoms with E-state index in [9.17, 15) is 9.90 Å². The van der Waals surface area contributed by atoms with E-state index in [2.05, 4.69) is 10.6 Å². The Morgan fingerprint density at radius 3 is 2.71 bits per heavy atom. The molecule has 2 unspecified atom stereocenters. The highest BCUT2D eigenvalue weighted by molar-refractivity contribution is 5.78. The lowest BCUT2D eigenvalue weighted by molar-refractivity contribution is -0.120. The van der Waals surface area contributed by atoms with Gasteiger partial charge in [-0.2, -0.15) is 5.26 Å². The largest absolute Gasteiger partial charge is 0.396 e. The first-order valence-corrected chi connectivity index (χ1v) is 6.23. The number of nitriles is 1. The van der Waals surface area contributed by atoms with Gasteiger partial charge in [0.1, 0.15) is 6.54 Å². The maximum atomic E-state index is 11.2. The van der Waals surface area contributed by atoms with Crippen LogP contribution in [0.5, 0.6) is 0 Å². The Balaban J connectivity index is 2.16. The van der Waals surface area contributed by atoms with Gasteiger partial charge in [0.2, 0.25) is 5.91 Å². The van der Waals surface area contributed by atoms with E-state index in [-0.39, 0.29) is 25.6 Å². The smallest absolute Gasteiger partial charge is 0.234 e. The maximum Gasteiger partial charge on any atom is 0.234 e. The van der Waals surface area contributed by atoms with E-state index in [0.29, 0.717) is 11.8 Å². The quantitative estimate of drug-likeness (QED) is 0.570. The van der Waals surface area contributed by atoms with E-state index in [1.165, 1.54) is 12.8 Å². The fourth-order valence-corrected chi connectivity index (χ4v) is 2.37. The Morgan fingerprint density at radius 1 is 1.35 bits per heavy atom. The predicted molar refractivity (Wildman–Crippen MR) is 64.0 cm³/mol. The van der Waals surface area contributed by atoms with Crippen molar-refractivity contribution < 1.29 is 9.90 Å². The van der Waals surface area contributed by atoms with Gasteiger partial charge in [-0.25, -0.2) is 0 Å². The third kappa shape index (κ3) is 5.16. The molecule has 2 atom stereocenters. The van der Waals surface area contributed by atoms with Crippen molar-refractivity contribution in [1.29, 1.82) is 5.26 Å². The second-order valence-corrected chi connectivity index (χ2v) is 4.55. The Labute approximate surface area is 102 Å². The van der Waals surface area contributed by atoms with E-state index < -0.39 is 0 Å². The molecule has 5 heteroatoms. The van der Waals surface area contributed by atoms with Crippen molar-refractivity contribution in [3.05, 3.63) is 0 Å². The Kier molecular flexibility index (Phi) is 6.60. The number of amides is 1. The Morgan fingerprint density at radius 2 is 2.06 bits per heavy atom. The topological polar surface area (TPSA) is 85.2 Å². The molecule has 1 saturated carbocycles. The summed E-state index contributed by atoms with van der Waals surface area (Å²) in [5.41, 5.74) is 0. The highest BCUT2D eigenvalue weighted by atomic mass is 16.3. The Hall–Kier alpha value is -1.12. The zero-order chi connectivity index (χ0) is 12.5. The fourth-order valence-electron chi connectivity index (χ4n) is 2.37. The first-order chi connectivity index (χ1) is 8.27. The molecule has 17 heavy (non-hydrogen) atoms. The van der Waals surface area contributed by atoms with Crippen molar-refractivity contribution >= 4 is 5.91 Å². The molecule has 0 aromatic heterocycles. The van der Waals surface area contributed by atoms with Crippen molar-refractivity contribution in [3.63, 3.8) is 0 Å². The number of nitrogens with zero attached hydrogens (tertiary/aromatic N) is 1. The van der Waals surface area contributed by atoms with Crippen LogP contribution in [0.3, 0.4) is 0 Å². The number of rotatable bonds is 6. The first kappa shape index (κ1) is 13.9. The maximum absolute atomic E-state index is 11.2. The zero-order valence-electron chi connectivity index (χ0n) is 10.1. The number of hydrogen-bond acceptors (Lipinski definition) is 4. The summed E-state index contributed by atoms with van der Waals surface area (Å²) in [6.07, 6.45) is 4.62. The number of aliphatic hydroxyl groups is 1. The van der Waals surface area contributed by atoms with Crippen LogP contribution in [-0.4, -0.2) is 37.3 Å². The molecule has 0 saturated heterocycles. The molecule has 0 aromatic rings. The standard InChI is InChI=1S/C12H21N3O2/c13-5-6-15-12(17)8-14-7-10-3-1-2-4-11(10)9-16/h10-11,14,16H,1-4,6-9H2,(H,15,17). The van der Waals surface area contributed by atoms with Crippen LogP contribution in [0.25, 0.3) is 0 Å². The normalized spacial score (nSPS) is 24.0. The average molecular weight is 239 g/mol. The lowest BCUT2D eigenvalue weighted by Crippen LogP contribution is -2.38. The molecular formula is C12H21N3O2. The summed E-state index contributed by atoms with van der Waals surface area (Å²) in [6.45, 7) is 1.32. The van der Waals surface area contributed by atoms with Gasteiger partial charge in [-0.05, 0) is 31.2 Å². The van der Waals surface area contributed by atoms with Gasteiger partial charge in [0.25, 0.3) is 0 Å². The molecule has 5 nitrogen and oxygen atoms in total. The van der Waals surface area contributed by atoms with Gasteiger partial charge in [-0.3, -0.25) is 4.79 Å². The molecule has 96 valence electrons. The Bertz CT molecular complexity index is 275. The van der Waals surface area contributed by atoms with Gasteiger partial charge in [0.15, 0.2) is 0 Å². The molecule has 0 bridgehead atoms. The zero-order valence-corrected chi connectivity index (χ0v) is 10.1. The van der Waals surface area contributed by atoms with Crippen molar-refractivity contribution in [2.75, 3.05) is 26.2 Å². The lowest BCUT2D eigenvalue weighted by atomic mass is 9.79. The summed E-state index contributed by atoms with van der Waals surface area (Å²) in [6, 6.07) is 1.86. The number of carbonyl (C=O) groups is 1. The average Bonchev–Trinajstić information content (AvgIpc) is 2.37. The summed E-state index contributed by atoms with van der Waals surface area (Å²) in [5, 5.41) is 23.1. The van der Waals surface area contributed by atoms with Crippen molar-refractivity contribution in [2.45, 2.75) is 25.7 Å². The summed E-state index contributed by atoms with van der Waals surface area (Å²) in [4.78, 5) is 11.2. The molecule has 1 rings (SSSR count). The SMILES string of the molecule is N#CCNC(=O)CNCC1CCCCC1CO.